The topological polar surface area (TPSA) is 104 Å². The molecule has 8 nitrogen and oxygen atoms in total. The second kappa shape index (κ2) is 9.20. The number of para-hydroxylation sites is 2. The molecule has 1 saturated heterocycles. The molecule has 2 aromatic carbocycles. The van der Waals surface area contributed by atoms with Gasteiger partial charge in [-0.1, -0.05) is 17.3 Å². The summed E-state index contributed by atoms with van der Waals surface area (Å²) in [5, 5.41) is 5.05. The van der Waals surface area contributed by atoms with Crippen LogP contribution in [0, 0.1) is 5.82 Å². The lowest BCUT2D eigenvalue weighted by Crippen LogP contribution is -2.34. The maximum atomic E-state index is 13.4. The number of fused-ring (bicyclic) bond motifs is 2. The number of imidazole rings is 1. The summed E-state index contributed by atoms with van der Waals surface area (Å²) in [6.07, 6.45) is 3.59. The Labute approximate surface area is 191 Å². The van der Waals surface area contributed by atoms with Crippen LogP contribution in [0.2, 0.25) is 0 Å². The Balaban J connectivity index is 1.06. The number of rotatable bonds is 8. The number of sulfonamides is 1. The van der Waals surface area contributed by atoms with Crippen molar-refractivity contribution >= 4 is 32.0 Å². The predicted octanol–water partition coefficient (Wildman–Crippen LogP) is 3.78. The van der Waals surface area contributed by atoms with Crippen molar-refractivity contribution in [1.82, 2.24) is 24.7 Å². The van der Waals surface area contributed by atoms with Gasteiger partial charge >= 0.3 is 0 Å². The molecule has 174 valence electrons. The fourth-order valence-electron chi connectivity index (χ4n) is 4.45. The lowest BCUT2D eigenvalue weighted by molar-refractivity contribution is 0.206. The molecule has 5 rings (SSSR count). The van der Waals surface area contributed by atoms with E-state index >= 15 is 0 Å². The number of nitrogens with one attached hydrogen (secondary N) is 2. The number of piperidine rings is 1. The Kier molecular flexibility index (Phi) is 6.13. The molecular weight excluding hydrogens is 445 g/mol. The van der Waals surface area contributed by atoms with Crippen molar-refractivity contribution in [3.63, 3.8) is 0 Å². The maximum Gasteiger partial charge on any atom is 0.274 e. The zero-order valence-corrected chi connectivity index (χ0v) is 18.9. The Bertz CT molecular complexity index is 1330. The zero-order chi connectivity index (χ0) is 22.8. The fraction of sp³-hybridized carbons (Fsp3) is 0.391. The van der Waals surface area contributed by atoms with E-state index in [2.05, 4.69) is 24.7 Å². The van der Waals surface area contributed by atoms with Crippen molar-refractivity contribution in [3.8, 4) is 0 Å². The highest BCUT2D eigenvalue weighted by Crippen LogP contribution is 2.32. The van der Waals surface area contributed by atoms with Crippen LogP contribution in [0.4, 0.5) is 4.39 Å². The highest BCUT2D eigenvalue weighted by Gasteiger charge is 2.25. The largest absolute Gasteiger partial charge is 0.356 e. The molecule has 0 spiro atoms. The Morgan fingerprint density at radius 3 is 2.79 bits per heavy atom. The van der Waals surface area contributed by atoms with Gasteiger partial charge in [0.15, 0.2) is 5.58 Å². The molecule has 0 saturated carbocycles. The van der Waals surface area contributed by atoms with Crippen molar-refractivity contribution in [2.24, 2.45) is 0 Å². The second-order valence-electron chi connectivity index (χ2n) is 8.49. The maximum absolute atomic E-state index is 13.4. The highest BCUT2D eigenvalue weighted by atomic mass is 32.2. The second-order valence-corrected chi connectivity index (χ2v) is 10.2. The van der Waals surface area contributed by atoms with Crippen LogP contribution in [0.25, 0.3) is 22.0 Å². The van der Waals surface area contributed by atoms with Crippen LogP contribution >= 0.6 is 0 Å². The number of hydrogen-bond donors (Lipinski definition) is 2. The number of halogens is 1. The average Bonchev–Trinajstić information content (AvgIpc) is 3.44. The van der Waals surface area contributed by atoms with Crippen molar-refractivity contribution in [1.29, 1.82) is 0 Å². The molecular formula is C23H26FN5O3S. The van der Waals surface area contributed by atoms with E-state index in [0.29, 0.717) is 29.1 Å². The van der Waals surface area contributed by atoms with E-state index in [4.69, 9.17) is 4.52 Å². The smallest absolute Gasteiger partial charge is 0.274 e. The van der Waals surface area contributed by atoms with Crippen molar-refractivity contribution in [2.45, 2.75) is 36.8 Å². The number of benzene rings is 2. The molecule has 33 heavy (non-hydrogen) atoms. The van der Waals surface area contributed by atoms with Gasteiger partial charge in [0, 0.05) is 23.9 Å². The van der Waals surface area contributed by atoms with E-state index in [-0.39, 0.29) is 11.0 Å². The molecule has 0 radical (unpaired) electrons. The van der Waals surface area contributed by atoms with E-state index in [1.165, 1.54) is 12.1 Å². The van der Waals surface area contributed by atoms with Crippen molar-refractivity contribution in [3.05, 3.63) is 54.0 Å². The average molecular weight is 472 g/mol. The highest BCUT2D eigenvalue weighted by molar-refractivity contribution is 7.89. The zero-order valence-electron chi connectivity index (χ0n) is 18.1. The molecule has 0 bridgehead atoms. The van der Waals surface area contributed by atoms with Gasteiger partial charge in [0.25, 0.3) is 10.0 Å². The first-order valence-electron chi connectivity index (χ1n) is 11.2. The monoisotopic (exact) mass is 471 g/mol. The van der Waals surface area contributed by atoms with E-state index in [1.54, 1.807) is 18.2 Å². The number of hydrogen-bond acceptors (Lipinski definition) is 6. The van der Waals surface area contributed by atoms with Gasteiger partial charge in [0.1, 0.15) is 5.82 Å². The molecule has 0 atom stereocenters. The number of aromatic nitrogens is 3. The SMILES string of the molecule is O=S(=O)(NCCCCN1CCC(c2noc3cc(F)ccc23)CC1)c1nc2ccccc2[nH]1. The van der Waals surface area contributed by atoms with Gasteiger partial charge in [0.05, 0.1) is 16.7 Å². The third-order valence-corrected chi connectivity index (χ3v) is 7.54. The quantitative estimate of drug-likeness (QED) is 0.379. The van der Waals surface area contributed by atoms with Crippen LogP contribution in [-0.2, 0) is 10.0 Å². The van der Waals surface area contributed by atoms with Crippen LogP contribution in [0.3, 0.4) is 0 Å². The molecule has 1 fully saturated rings. The Morgan fingerprint density at radius 2 is 1.97 bits per heavy atom. The van der Waals surface area contributed by atoms with Crippen LogP contribution < -0.4 is 4.72 Å². The molecule has 10 heteroatoms. The first-order valence-corrected chi connectivity index (χ1v) is 12.7. The molecule has 0 aliphatic carbocycles. The Hall–Kier alpha value is -2.82. The van der Waals surface area contributed by atoms with Crippen molar-refractivity contribution in [2.75, 3.05) is 26.2 Å². The fourth-order valence-corrected chi connectivity index (χ4v) is 5.46. The third kappa shape index (κ3) is 4.78. The summed E-state index contributed by atoms with van der Waals surface area (Å²) in [5.41, 5.74) is 2.75. The molecule has 0 unspecified atom stereocenters. The van der Waals surface area contributed by atoms with Gasteiger partial charge in [-0.05, 0) is 69.6 Å². The van der Waals surface area contributed by atoms with Gasteiger partial charge in [0.2, 0.25) is 5.16 Å². The van der Waals surface area contributed by atoms with E-state index in [9.17, 15) is 12.8 Å². The first kappa shape index (κ1) is 22.0. The summed E-state index contributed by atoms with van der Waals surface area (Å²) >= 11 is 0. The number of aromatic amines is 1. The lowest BCUT2D eigenvalue weighted by Gasteiger charge is -2.31. The van der Waals surface area contributed by atoms with Crippen LogP contribution in [-0.4, -0.2) is 54.6 Å². The molecule has 2 aromatic heterocycles. The number of unbranched alkanes of at least 4 members (excludes halogenated alkanes) is 1. The van der Waals surface area contributed by atoms with Crippen LogP contribution in [0.5, 0.6) is 0 Å². The third-order valence-electron chi connectivity index (χ3n) is 6.25. The standard InChI is InChI=1S/C23H26FN5O3S/c24-17-7-8-18-21(15-17)32-28-22(18)16-9-13-29(14-10-16)12-4-3-11-25-33(30,31)23-26-19-5-1-2-6-20(19)27-23/h1-2,5-8,15-16,25H,3-4,9-14H2,(H,26,27). The number of H-pyrrole nitrogens is 1. The van der Waals surface area contributed by atoms with Crippen LogP contribution in [0.1, 0.15) is 37.3 Å². The van der Waals surface area contributed by atoms with Gasteiger partial charge in [-0.15, -0.1) is 0 Å². The minimum Gasteiger partial charge on any atom is -0.356 e. The summed E-state index contributed by atoms with van der Waals surface area (Å²) in [5.74, 6) is -0.0107. The summed E-state index contributed by atoms with van der Waals surface area (Å²) in [4.78, 5) is 9.42. The summed E-state index contributed by atoms with van der Waals surface area (Å²) in [7, 11) is -3.65. The van der Waals surface area contributed by atoms with Gasteiger partial charge in [-0.25, -0.2) is 22.5 Å². The van der Waals surface area contributed by atoms with Gasteiger partial charge in [-0.2, -0.15) is 0 Å². The Morgan fingerprint density at radius 1 is 1.15 bits per heavy atom. The van der Waals surface area contributed by atoms with Gasteiger partial charge < -0.3 is 14.4 Å². The lowest BCUT2D eigenvalue weighted by atomic mass is 9.91. The van der Waals surface area contributed by atoms with E-state index < -0.39 is 10.0 Å². The first-order chi connectivity index (χ1) is 16.0. The number of likely N-dealkylation sites (tertiary alicyclic amines) is 1. The molecule has 1 aliphatic rings. The van der Waals surface area contributed by atoms with Crippen molar-refractivity contribution < 1.29 is 17.3 Å². The molecule has 3 heterocycles. The summed E-state index contributed by atoms with van der Waals surface area (Å²) in [6.45, 7) is 3.19. The summed E-state index contributed by atoms with van der Waals surface area (Å²) in [6, 6.07) is 11.8. The molecule has 2 N–H and O–H groups in total. The van der Waals surface area contributed by atoms with Gasteiger partial charge in [-0.3, -0.25) is 0 Å². The minimum absolute atomic E-state index is 0.0473. The summed E-state index contributed by atoms with van der Waals surface area (Å²) < 4.78 is 46.3. The normalized spacial score (nSPS) is 16.2. The number of nitrogens with zero attached hydrogens (tertiary/aromatic N) is 3. The minimum atomic E-state index is -3.65. The van der Waals surface area contributed by atoms with E-state index in [1.807, 2.05) is 12.1 Å². The predicted molar refractivity (Wildman–Crippen MR) is 123 cm³/mol. The molecule has 0 amide bonds. The van der Waals surface area contributed by atoms with Crippen LogP contribution in [0.15, 0.2) is 52.1 Å². The van der Waals surface area contributed by atoms with E-state index in [0.717, 1.165) is 56.4 Å². The molecule has 4 aromatic rings. The molecule has 1 aliphatic heterocycles.